The Morgan fingerprint density at radius 1 is 1.67 bits per heavy atom. The number of thiophene rings is 1. The molecule has 5 heteroatoms. The first kappa shape index (κ1) is 10.6. The van der Waals surface area contributed by atoms with Crippen molar-refractivity contribution in [1.29, 1.82) is 0 Å². The fourth-order valence-electron chi connectivity index (χ4n) is 1.24. The molecule has 0 spiro atoms. The first-order valence-corrected chi connectivity index (χ1v) is 6.19. The van der Waals surface area contributed by atoms with E-state index in [0.717, 1.165) is 15.9 Å². The SMILES string of the molecule is CCn1cc(C(=O)c2sccc2Br)cn1. The number of nitrogens with zero attached hydrogens (tertiary/aromatic N) is 2. The third-order valence-corrected chi connectivity index (χ3v) is 3.88. The summed E-state index contributed by atoms with van der Waals surface area (Å²) in [6.45, 7) is 2.77. The number of hydrogen-bond acceptors (Lipinski definition) is 3. The maximum absolute atomic E-state index is 12.0. The second kappa shape index (κ2) is 4.28. The van der Waals surface area contributed by atoms with Crippen molar-refractivity contribution in [2.75, 3.05) is 0 Å². The van der Waals surface area contributed by atoms with Crippen LogP contribution < -0.4 is 0 Å². The number of rotatable bonds is 3. The van der Waals surface area contributed by atoms with E-state index in [1.807, 2.05) is 18.4 Å². The highest BCUT2D eigenvalue weighted by Gasteiger charge is 2.15. The van der Waals surface area contributed by atoms with Crippen LogP contribution in [0, 0.1) is 0 Å². The molecule has 0 saturated carbocycles. The van der Waals surface area contributed by atoms with E-state index in [-0.39, 0.29) is 5.78 Å². The van der Waals surface area contributed by atoms with Gasteiger partial charge in [0.25, 0.3) is 0 Å². The van der Waals surface area contributed by atoms with Gasteiger partial charge in [-0.15, -0.1) is 11.3 Å². The summed E-state index contributed by atoms with van der Waals surface area (Å²) in [5.41, 5.74) is 0.639. The Morgan fingerprint density at radius 2 is 2.47 bits per heavy atom. The largest absolute Gasteiger partial charge is 0.288 e. The maximum atomic E-state index is 12.0. The third kappa shape index (κ3) is 2.03. The highest BCUT2D eigenvalue weighted by Crippen LogP contribution is 2.25. The molecular formula is C10H9BrN2OS. The number of aromatic nitrogens is 2. The molecule has 0 amide bonds. The zero-order valence-corrected chi connectivity index (χ0v) is 10.5. The summed E-state index contributed by atoms with van der Waals surface area (Å²) in [4.78, 5) is 12.7. The van der Waals surface area contributed by atoms with Crippen molar-refractivity contribution < 1.29 is 4.79 Å². The van der Waals surface area contributed by atoms with Crippen LogP contribution in [-0.2, 0) is 6.54 Å². The van der Waals surface area contributed by atoms with Crippen LogP contribution in [0.5, 0.6) is 0 Å². The van der Waals surface area contributed by atoms with E-state index < -0.39 is 0 Å². The number of carbonyl (C=O) groups is 1. The van der Waals surface area contributed by atoms with Gasteiger partial charge in [-0.25, -0.2) is 0 Å². The van der Waals surface area contributed by atoms with Crippen LogP contribution in [0.4, 0.5) is 0 Å². The Balaban J connectivity index is 2.32. The number of hydrogen-bond donors (Lipinski definition) is 0. The molecule has 0 saturated heterocycles. The summed E-state index contributed by atoms with van der Waals surface area (Å²) < 4.78 is 2.59. The average Bonchev–Trinajstić information content (AvgIpc) is 2.84. The molecule has 78 valence electrons. The minimum Gasteiger partial charge on any atom is -0.288 e. The molecule has 2 aromatic rings. The van der Waals surface area contributed by atoms with Crippen molar-refractivity contribution in [1.82, 2.24) is 9.78 Å². The fourth-order valence-corrected chi connectivity index (χ4v) is 2.75. The van der Waals surface area contributed by atoms with Gasteiger partial charge in [0.1, 0.15) is 0 Å². The Bertz CT molecular complexity index is 489. The minimum atomic E-state index is 0.0246. The Kier molecular flexibility index (Phi) is 3.02. The predicted molar refractivity (Wildman–Crippen MR) is 63.4 cm³/mol. The zero-order valence-electron chi connectivity index (χ0n) is 8.11. The Labute approximate surface area is 99.9 Å². The Morgan fingerprint density at radius 3 is 3.00 bits per heavy atom. The Hall–Kier alpha value is -0.940. The number of halogens is 1. The van der Waals surface area contributed by atoms with Crippen molar-refractivity contribution >= 4 is 33.0 Å². The molecule has 0 aliphatic rings. The lowest BCUT2D eigenvalue weighted by Gasteiger charge is -1.94. The van der Waals surface area contributed by atoms with Gasteiger partial charge in [0.05, 0.1) is 16.6 Å². The lowest BCUT2D eigenvalue weighted by atomic mass is 10.2. The molecule has 0 bridgehead atoms. The molecule has 15 heavy (non-hydrogen) atoms. The molecule has 0 fully saturated rings. The lowest BCUT2D eigenvalue weighted by molar-refractivity contribution is 0.104. The van der Waals surface area contributed by atoms with Crippen LogP contribution in [0.15, 0.2) is 28.3 Å². The van der Waals surface area contributed by atoms with Gasteiger partial charge in [0.15, 0.2) is 0 Å². The van der Waals surface area contributed by atoms with Crippen LogP contribution in [0.2, 0.25) is 0 Å². The molecule has 0 N–H and O–H groups in total. The van der Waals surface area contributed by atoms with Crippen molar-refractivity contribution in [2.24, 2.45) is 0 Å². The quantitative estimate of drug-likeness (QED) is 0.813. The summed E-state index contributed by atoms with van der Waals surface area (Å²) in [6, 6.07) is 1.88. The monoisotopic (exact) mass is 284 g/mol. The van der Waals surface area contributed by atoms with E-state index in [2.05, 4.69) is 21.0 Å². The van der Waals surface area contributed by atoms with Crippen LogP contribution >= 0.6 is 27.3 Å². The van der Waals surface area contributed by atoms with Crippen LogP contribution in [0.3, 0.4) is 0 Å². The molecule has 2 aromatic heterocycles. The normalized spacial score (nSPS) is 10.5. The van der Waals surface area contributed by atoms with Gasteiger partial charge in [-0.1, -0.05) is 0 Å². The predicted octanol–water partition coefficient (Wildman–Crippen LogP) is 2.96. The second-order valence-electron chi connectivity index (χ2n) is 3.01. The summed E-state index contributed by atoms with van der Waals surface area (Å²) in [7, 11) is 0. The van der Waals surface area contributed by atoms with Crippen molar-refractivity contribution in [3.63, 3.8) is 0 Å². The van der Waals surface area contributed by atoms with Gasteiger partial charge in [-0.2, -0.15) is 5.10 Å². The molecule has 3 nitrogen and oxygen atoms in total. The van der Waals surface area contributed by atoms with E-state index in [0.29, 0.717) is 5.56 Å². The van der Waals surface area contributed by atoms with Gasteiger partial charge in [-0.05, 0) is 34.3 Å². The van der Waals surface area contributed by atoms with Crippen molar-refractivity contribution in [3.8, 4) is 0 Å². The number of aryl methyl sites for hydroxylation is 1. The molecule has 0 aliphatic carbocycles. The van der Waals surface area contributed by atoms with Gasteiger partial charge < -0.3 is 0 Å². The molecule has 0 radical (unpaired) electrons. The van der Waals surface area contributed by atoms with Crippen LogP contribution in [0.25, 0.3) is 0 Å². The molecule has 0 aliphatic heterocycles. The summed E-state index contributed by atoms with van der Waals surface area (Å²) in [5, 5.41) is 5.97. The van der Waals surface area contributed by atoms with E-state index in [1.165, 1.54) is 11.3 Å². The second-order valence-corrected chi connectivity index (χ2v) is 4.78. The summed E-state index contributed by atoms with van der Waals surface area (Å²) >= 11 is 4.79. The summed E-state index contributed by atoms with van der Waals surface area (Å²) in [6.07, 6.45) is 3.38. The molecular weight excluding hydrogens is 276 g/mol. The standard InChI is InChI=1S/C10H9BrN2OS/c1-2-13-6-7(5-12-13)9(14)10-8(11)3-4-15-10/h3-6H,2H2,1H3. The zero-order chi connectivity index (χ0) is 10.8. The minimum absolute atomic E-state index is 0.0246. The molecule has 0 aromatic carbocycles. The highest BCUT2D eigenvalue weighted by molar-refractivity contribution is 9.10. The fraction of sp³-hybridized carbons (Fsp3) is 0.200. The number of ketones is 1. The van der Waals surface area contributed by atoms with E-state index >= 15 is 0 Å². The third-order valence-electron chi connectivity index (χ3n) is 2.04. The van der Waals surface area contributed by atoms with Gasteiger partial charge in [0, 0.05) is 17.2 Å². The molecule has 0 unspecified atom stereocenters. The maximum Gasteiger partial charge on any atom is 0.207 e. The van der Waals surface area contributed by atoms with Gasteiger partial charge >= 0.3 is 0 Å². The van der Waals surface area contributed by atoms with Gasteiger partial charge in [-0.3, -0.25) is 9.48 Å². The molecule has 2 rings (SSSR count). The molecule has 0 atom stereocenters. The van der Waals surface area contributed by atoms with E-state index in [9.17, 15) is 4.79 Å². The highest BCUT2D eigenvalue weighted by atomic mass is 79.9. The first-order valence-electron chi connectivity index (χ1n) is 4.52. The van der Waals surface area contributed by atoms with E-state index in [4.69, 9.17) is 0 Å². The number of carbonyl (C=O) groups excluding carboxylic acids is 1. The van der Waals surface area contributed by atoms with Gasteiger partial charge in [0.2, 0.25) is 5.78 Å². The smallest absolute Gasteiger partial charge is 0.207 e. The summed E-state index contributed by atoms with van der Waals surface area (Å²) in [5.74, 6) is 0.0246. The van der Waals surface area contributed by atoms with Crippen LogP contribution in [0.1, 0.15) is 22.2 Å². The van der Waals surface area contributed by atoms with Crippen molar-refractivity contribution in [2.45, 2.75) is 13.5 Å². The van der Waals surface area contributed by atoms with Crippen molar-refractivity contribution in [3.05, 3.63) is 38.8 Å². The van der Waals surface area contributed by atoms with Crippen LogP contribution in [-0.4, -0.2) is 15.6 Å². The average molecular weight is 285 g/mol. The topological polar surface area (TPSA) is 34.9 Å². The lowest BCUT2D eigenvalue weighted by Crippen LogP contribution is -1.98. The molecule has 2 heterocycles. The first-order chi connectivity index (χ1) is 7.22. The van der Waals surface area contributed by atoms with E-state index in [1.54, 1.807) is 17.1 Å².